The molecule has 0 spiro atoms. The van der Waals surface area contributed by atoms with E-state index in [1.165, 1.54) is 43.4 Å². The first-order valence-corrected chi connectivity index (χ1v) is 9.21. The summed E-state index contributed by atoms with van der Waals surface area (Å²) in [5.74, 6) is -2.63. The molecule has 0 aliphatic carbocycles. The summed E-state index contributed by atoms with van der Waals surface area (Å²) in [5, 5.41) is 2.47. The summed E-state index contributed by atoms with van der Waals surface area (Å²) in [5.41, 5.74) is 0.350. The normalized spacial score (nSPS) is 11.1. The zero-order valence-corrected chi connectivity index (χ0v) is 15.1. The first kappa shape index (κ1) is 20.5. The van der Waals surface area contributed by atoms with E-state index >= 15 is 0 Å². The minimum Gasteiger partial charge on any atom is -0.335 e. The third-order valence-electron chi connectivity index (χ3n) is 3.47. The number of likely N-dealkylation sites (N-methyl/N-ethyl adjacent to an activating group) is 1. The maximum Gasteiger partial charge on any atom is 0.243 e. The standard InChI is InChI=1S/C17H17F2N3O4S/c1-22(11-16(23)21-13-8-6-12(18)7-9-13)17(24)10-20-27(25,26)15-5-3-2-4-14(15)19/h2-9,20H,10-11H2,1H3,(H,21,23). The molecule has 10 heteroatoms. The molecular formula is C17H17F2N3O4S. The number of carbonyl (C=O) groups is 2. The van der Waals surface area contributed by atoms with E-state index in [4.69, 9.17) is 0 Å². The number of carbonyl (C=O) groups excluding carboxylic acids is 2. The molecule has 2 rings (SSSR count). The van der Waals surface area contributed by atoms with Crippen molar-refractivity contribution in [2.45, 2.75) is 4.90 Å². The Morgan fingerprint density at radius 3 is 2.30 bits per heavy atom. The van der Waals surface area contributed by atoms with E-state index in [1.54, 1.807) is 0 Å². The maximum atomic E-state index is 13.6. The van der Waals surface area contributed by atoms with Crippen molar-refractivity contribution in [3.63, 3.8) is 0 Å². The van der Waals surface area contributed by atoms with Gasteiger partial charge in [-0.1, -0.05) is 12.1 Å². The molecule has 0 unspecified atom stereocenters. The van der Waals surface area contributed by atoms with Gasteiger partial charge < -0.3 is 10.2 Å². The van der Waals surface area contributed by atoms with E-state index in [-0.39, 0.29) is 6.54 Å². The summed E-state index contributed by atoms with van der Waals surface area (Å²) < 4.78 is 52.5. The summed E-state index contributed by atoms with van der Waals surface area (Å²) >= 11 is 0. The Bertz CT molecular complexity index is 933. The number of sulfonamides is 1. The molecule has 2 amide bonds. The first-order valence-electron chi connectivity index (χ1n) is 7.72. The van der Waals surface area contributed by atoms with Crippen LogP contribution in [0.5, 0.6) is 0 Å². The van der Waals surface area contributed by atoms with Crippen LogP contribution in [0, 0.1) is 11.6 Å². The summed E-state index contributed by atoms with van der Waals surface area (Å²) in [4.78, 5) is 24.3. The van der Waals surface area contributed by atoms with Gasteiger partial charge in [0.25, 0.3) is 0 Å². The SMILES string of the molecule is CN(CC(=O)Nc1ccc(F)cc1)C(=O)CNS(=O)(=O)c1ccccc1F. The van der Waals surface area contributed by atoms with Crippen molar-refractivity contribution >= 4 is 27.5 Å². The Labute approximate surface area is 155 Å². The minimum absolute atomic E-state index is 0.350. The summed E-state index contributed by atoms with van der Waals surface area (Å²) in [6.07, 6.45) is 0. The molecule has 2 aromatic carbocycles. The van der Waals surface area contributed by atoms with Crippen LogP contribution in [0.2, 0.25) is 0 Å². The highest BCUT2D eigenvalue weighted by atomic mass is 32.2. The number of nitrogens with one attached hydrogen (secondary N) is 2. The monoisotopic (exact) mass is 397 g/mol. The van der Waals surface area contributed by atoms with Gasteiger partial charge in [0, 0.05) is 12.7 Å². The second-order valence-corrected chi connectivity index (χ2v) is 7.30. The predicted molar refractivity (Wildman–Crippen MR) is 94.3 cm³/mol. The summed E-state index contributed by atoms with van der Waals surface area (Å²) in [7, 11) is -2.90. The molecule has 144 valence electrons. The van der Waals surface area contributed by atoms with Gasteiger partial charge in [-0.05, 0) is 36.4 Å². The maximum absolute atomic E-state index is 13.6. The fourth-order valence-corrected chi connectivity index (χ4v) is 3.12. The molecule has 0 bridgehead atoms. The number of hydrogen-bond acceptors (Lipinski definition) is 4. The quantitative estimate of drug-likeness (QED) is 0.737. The Morgan fingerprint density at radius 1 is 1.04 bits per heavy atom. The van der Waals surface area contributed by atoms with Crippen LogP contribution in [0.4, 0.5) is 14.5 Å². The molecule has 0 saturated carbocycles. The molecule has 0 saturated heterocycles. The molecule has 0 fully saturated rings. The molecule has 0 heterocycles. The van der Waals surface area contributed by atoms with Crippen molar-refractivity contribution in [2.24, 2.45) is 0 Å². The smallest absolute Gasteiger partial charge is 0.243 e. The van der Waals surface area contributed by atoms with Crippen molar-refractivity contribution in [1.82, 2.24) is 9.62 Å². The van der Waals surface area contributed by atoms with E-state index in [9.17, 15) is 26.8 Å². The molecule has 0 aromatic heterocycles. The third kappa shape index (κ3) is 5.83. The number of benzene rings is 2. The Morgan fingerprint density at radius 2 is 1.67 bits per heavy atom. The van der Waals surface area contributed by atoms with E-state index in [0.29, 0.717) is 5.69 Å². The van der Waals surface area contributed by atoms with Crippen LogP contribution in [0.1, 0.15) is 0 Å². The average Bonchev–Trinajstić information content (AvgIpc) is 2.61. The topological polar surface area (TPSA) is 95.6 Å². The van der Waals surface area contributed by atoms with Crippen LogP contribution in [0.15, 0.2) is 53.4 Å². The lowest BCUT2D eigenvalue weighted by Crippen LogP contribution is -2.41. The van der Waals surface area contributed by atoms with Crippen LogP contribution in [-0.4, -0.2) is 45.3 Å². The highest BCUT2D eigenvalue weighted by molar-refractivity contribution is 7.89. The fraction of sp³-hybridized carbons (Fsp3) is 0.176. The molecule has 0 radical (unpaired) electrons. The molecule has 7 nitrogen and oxygen atoms in total. The van der Waals surface area contributed by atoms with Crippen LogP contribution in [0.25, 0.3) is 0 Å². The lowest BCUT2D eigenvalue weighted by Gasteiger charge is -2.17. The number of amides is 2. The van der Waals surface area contributed by atoms with Gasteiger partial charge in [0.1, 0.15) is 16.5 Å². The lowest BCUT2D eigenvalue weighted by molar-refractivity contribution is -0.132. The molecule has 0 atom stereocenters. The van der Waals surface area contributed by atoms with Crippen molar-refractivity contribution in [1.29, 1.82) is 0 Å². The van der Waals surface area contributed by atoms with Crippen LogP contribution >= 0.6 is 0 Å². The second-order valence-electron chi connectivity index (χ2n) is 5.56. The van der Waals surface area contributed by atoms with Gasteiger partial charge >= 0.3 is 0 Å². The molecule has 27 heavy (non-hydrogen) atoms. The largest absolute Gasteiger partial charge is 0.335 e. The predicted octanol–water partition coefficient (Wildman–Crippen LogP) is 1.34. The van der Waals surface area contributed by atoms with E-state index in [2.05, 4.69) is 5.32 Å². The molecular weight excluding hydrogens is 380 g/mol. The van der Waals surface area contributed by atoms with Crippen LogP contribution in [0.3, 0.4) is 0 Å². The Kier molecular flexibility index (Phi) is 6.59. The van der Waals surface area contributed by atoms with E-state index in [0.717, 1.165) is 17.0 Å². The van der Waals surface area contributed by atoms with Gasteiger partial charge in [0.15, 0.2) is 0 Å². The van der Waals surface area contributed by atoms with E-state index in [1.807, 2.05) is 4.72 Å². The fourth-order valence-electron chi connectivity index (χ4n) is 2.07. The number of anilines is 1. The van der Waals surface area contributed by atoms with Gasteiger partial charge in [0.05, 0.1) is 13.1 Å². The summed E-state index contributed by atoms with van der Waals surface area (Å²) in [6, 6.07) is 9.81. The highest BCUT2D eigenvalue weighted by Crippen LogP contribution is 2.13. The van der Waals surface area contributed by atoms with Crippen LogP contribution in [-0.2, 0) is 19.6 Å². The van der Waals surface area contributed by atoms with Crippen LogP contribution < -0.4 is 10.0 Å². The van der Waals surface area contributed by atoms with Gasteiger partial charge in [-0.2, -0.15) is 0 Å². The van der Waals surface area contributed by atoms with Gasteiger partial charge in [-0.15, -0.1) is 0 Å². The molecule has 2 aromatic rings. The average molecular weight is 397 g/mol. The first-order chi connectivity index (χ1) is 12.7. The van der Waals surface area contributed by atoms with Gasteiger partial charge in [-0.3, -0.25) is 9.59 Å². The van der Waals surface area contributed by atoms with Crippen molar-refractivity contribution in [2.75, 3.05) is 25.5 Å². The van der Waals surface area contributed by atoms with Crippen molar-refractivity contribution < 1.29 is 26.8 Å². The number of hydrogen-bond donors (Lipinski definition) is 2. The molecule has 0 aliphatic heterocycles. The zero-order valence-electron chi connectivity index (χ0n) is 14.3. The van der Waals surface area contributed by atoms with Gasteiger partial charge in [0.2, 0.25) is 21.8 Å². The Hall–Kier alpha value is -2.85. The summed E-state index contributed by atoms with van der Waals surface area (Å²) in [6.45, 7) is -0.991. The van der Waals surface area contributed by atoms with E-state index < -0.39 is 44.9 Å². The Balaban J connectivity index is 1.89. The highest BCUT2D eigenvalue weighted by Gasteiger charge is 2.21. The third-order valence-corrected chi connectivity index (χ3v) is 4.91. The minimum atomic E-state index is -4.21. The van der Waals surface area contributed by atoms with Crippen molar-refractivity contribution in [3.05, 3.63) is 60.2 Å². The molecule has 0 aliphatic rings. The molecule has 2 N–H and O–H groups in total. The number of nitrogens with zero attached hydrogens (tertiary/aromatic N) is 1. The van der Waals surface area contributed by atoms with Crippen molar-refractivity contribution in [3.8, 4) is 0 Å². The van der Waals surface area contributed by atoms with Gasteiger partial charge in [-0.25, -0.2) is 21.9 Å². The number of halogens is 2. The zero-order chi connectivity index (χ0) is 20.0. The number of rotatable bonds is 7. The second kappa shape index (κ2) is 8.69. The lowest BCUT2D eigenvalue weighted by atomic mass is 10.3.